The Hall–Kier alpha value is -3.33. The molecule has 32 heavy (non-hydrogen) atoms. The first-order valence-electron chi connectivity index (χ1n) is 11.4. The smallest absolute Gasteiger partial charge is 0.0846 e. The largest absolute Gasteiger partial charge is 0.339 e. The van der Waals surface area contributed by atoms with Gasteiger partial charge < -0.3 is 4.57 Å². The van der Waals surface area contributed by atoms with Crippen LogP contribution in [0, 0.1) is 18.8 Å². The van der Waals surface area contributed by atoms with Crippen LogP contribution in [-0.2, 0) is 20.1 Å². The summed E-state index contributed by atoms with van der Waals surface area (Å²) in [4.78, 5) is 4.32. The maximum absolute atomic E-state index is 13.8. The molecule has 0 spiro atoms. The molecule has 1 heterocycles. The number of rotatable bonds is 4. The molecule has 0 unspecified atom stereocenters. The van der Waals surface area contributed by atoms with Gasteiger partial charge in [0.25, 0.3) is 0 Å². The van der Waals surface area contributed by atoms with Crippen LogP contribution in [0.2, 0.25) is 0 Å². The first-order valence-corrected chi connectivity index (χ1v) is 9.94. The predicted octanol–water partition coefficient (Wildman–Crippen LogP) is 7.12. The number of hydrogen-bond donors (Lipinski definition) is 0. The van der Waals surface area contributed by atoms with Crippen LogP contribution in [0.5, 0.6) is 0 Å². The van der Waals surface area contributed by atoms with Crippen molar-refractivity contribution in [2.75, 3.05) is 0 Å². The standard InChI is InChI=1S/C28H20FN2.Ir/c1-20-18-25(21-8-4-2-5-9-21)27(26(19-20)22-10-6-3-7-11-22)31-17-16-30-28(31)23-12-14-24(29)15-13-23;/h2-12,14-19H,1H3;/q-1;/i14D,16D,17D;. The van der Waals surface area contributed by atoms with E-state index in [1.54, 1.807) is 4.57 Å². The average Bonchev–Trinajstić information content (AvgIpc) is 3.15. The van der Waals surface area contributed by atoms with E-state index < -0.39 is 5.82 Å². The van der Waals surface area contributed by atoms with Crippen LogP contribution in [0.15, 0.2) is 103 Å². The minimum Gasteiger partial charge on any atom is -0.339 e. The molecule has 2 nitrogen and oxygen atoms in total. The molecule has 0 amide bonds. The van der Waals surface area contributed by atoms with Gasteiger partial charge in [0.1, 0.15) is 0 Å². The van der Waals surface area contributed by atoms with Gasteiger partial charge in [0.05, 0.1) is 14.3 Å². The van der Waals surface area contributed by atoms with Gasteiger partial charge in [0.15, 0.2) is 0 Å². The Morgan fingerprint density at radius 3 is 2.06 bits per heavy atom. The number of halogens is 1. The van der Waals surface area contributed by atoms with Crippen LogP contribution in [0.25, 0.3) is 39.3 Å². The Kier molecular flexibility index (Phi) is 5.38. The van der Waals surface area contributed by atoms with E-state index >= 15 is 0 Å². The number of aryl methyl sites for hydroxylation is 1. The molecular weight excluding hydrogens is 576 g/mol. The van der Waals surface area contributed by atoms with E-state index in [0.29, 0.717) is 11.3 Å². The third-order valence-corrected chi connectivity index (χ3v) is 5.13. The molecule has 0 bridgehead atoms. The van der Waals surface area contributed by atoms with E-state index in [2.05, 4.69) is 11.1 Å². The Balaban J connectivity index is 0.00000289. The molecule has 5 rings (SSSR count). The summed E-state index contributed by atoms with van der Waals surface area (Å²) < 4.78 is 40.4. The minimum atomic E-state index is -0.690. The van der Waals surface area contributed by atoms with E-state index in [9.17, 15) is 4.39 Å². The van der Waals surface area contributed by atoms with Crippen LogP contribution < -0.4 is 0 Å². The number of benzene rings is 4. The summed E-state index contributed by atoms with van der Waals surface area (Å²) in [5, 5.41) is 0. The third kappa shape index (κ3) is 4.20. The first-order chi connectivity index (χ1) is 16.4. The number of nitrogens with zero attached hydrogens (tertiary/aromatic N) is 2. The van der Waals surface area contributed by atoms with Gasteiger partial charge in [0.2, 0.25) is 0 Å². The van der Waals surface area contributed by atoms with Crippen molar-refractivity contribution in [1.82, 2.24) is 9.55 Å². The maximum atomic E-state index is 13.8. The zero-order valence-electron chi connectivity index (χ0n) is 20.2. The second-order valence-electron chi connectivity index (χ2n) is 7.27. The maximum Gasteiger partial charge on any atom is 0.0846 e. The fourth-order valence-corrected chi connectivity index (χ4v) is 3.76. The molecule has 0 atom stereocenters. The topological polar surface area (TPSA) is 17.8 Å². The monoisotopic (exact) mass is 599 g/mol. The molecule has 4 aromatic carbocycles. The summed E-state index contributed by atoms with van der Waals surface area (Å²) in [6, 6.07) is 28.8. The van der Waals surface area contributed by atoms with Crippen LogP contribution in [0.4, 0.5) is 4.39 Å². The van der Waals surface area contributed by atoms with Gasteiger partial charge in [-0.15, -0.1) is 29.8 Å². The summed E-state index contributed by atoms with van der Waals surface area (Å²) >= 11 is 0. The Bertz CT molecular complexity index is 1440. The number of imidazole rings is 1. The molecule has 159 valence electrons. The van der Waals surface area contributed by atoms with E-state index in [1.165, 1.54) is 6.07 Å². The summed E-state index contributed by atoms with van der Waals surface area (Å²) in [6.45, 7) is 2.02. The van der Waals surface area contributed by atoms with Crippen molar-refractivity contribution in [3.05, 3.63) is 121 Å². The fourth-order valence-electron chi connectivity index (χ4n) is 3.76. The van der Waals surface area contributed by atoms with Gasteiger partial charge in [-0.1, -0.05) is 60.7 Å². The van der Waals surface area contributed by atoms with Crippen molar-refractivity contribution in [1.29, 1.82) is 0 Å². The van der Waals surface area contributed by atoms with Gasteiger partial charge in [-0.05, 0) is 35.7 Å². The number of hydrogen-bond acceptors (Lipinski definition) is 1. The van der Waals surface area contributed by atoms with Gasteiger partial charge in [-0.2, -0.15) is 0 Å². The molecule has 0 saturated carbocycles. The van der Waals surface area contributed by atoms with Crippen LogP contribution in [0.3, 0.4) is 0 Å². The van der Waals surface area contributed by atoms with Gasteiger partial charge in [-0.3, -0.25) is 9.37 Å². The Labute approximate surface area is 205 Å². The van der Waals surface area contributed by atoms with Crippen molar-refractivity contribution in [2.45, 2.75) is 6.92 Å². The summed E-state index contributed by atoms with van der Waals surface area (Å²) in [5.74, 6) is -0.425. The molecule has 1 aromatic heterocycles. The van der Waals surface area contributed by atoms with E-state index in [0.717, 1.165) is 33.9 Å². The SMILES string of the molecule is [2H]c1cc(-c2nc([2H])c([2H])n2-c2c(-c3ccccc3)cc(C)cc2-c2ccccc2)[c-]cc1F.[Ir]. The molecule has 0 aliphatic heterocycles. The molecule has 0 aliphatic carbocycles. The molecule has 5 aromatic rings. The Morgan fingerprint density at radius 1 is 0.906 bits per heavy atom. The fraction of sp³-hybridized carbons (Fsp3) is 0.0357. The van der Waals surface area contributed by atoms with Gasteiger partial charge in [-0.25, -0.2) is 0 Å². The minimum absolute atomic E-state index is 0. The van der Waals surface area contributed by atoms with Crippen LogP contribution >= 0.6 is 0 Å². The normalized spacial score (nSPS) is 11.9. The molecule has 0 aliphatic rings. The van der Waals surface area contributed by atoms with E-state index in [-0.39, 0.29) is 44.3 Å². The molecule has 4 heteroatoms. The van der Waals surface area contributed by atoms with Crippen molar-refractivity contribution < 1.29 is 28.6 Å². The third-order valence-electron chi connectivity index (χ3n) is 5.13. The molecule has 0 fully saturated rings. The summed E-state index contributed by atoms with van der Waals surface area (Å²) in [7, 11) is 0. The summed E-state index contributed by atoms with van der Waals surface area (Å²) in [6.07, 6.45) is -0.310. The van der Waals surface area contributed by atoms with Crippen molar-refractivity contribution in [3.63, 3.8) is 0 Å². The first kappa shape index (κ1) is 18.3. The Morgan fingerprint density at radius 2 is 1.50 bits per heavy atom. The van der Waals surface area contributed by atoms with E-state index in [1.807, 2.05) is 79.7 Å². The van der Waals surface area contributed by atoms with Crippen LogP contribution in [0.1, 0.15) is 9.68 Å². The number of aromatic nitrogens is 2. The van der Waals surface area contributed by atoms with Crippen LogP contribution in [-0.4, -0.2) is 9.55 Å². The average molecular weight is 599 g/mol. The molecule has 0 saturated heterocycles. The van der Waals surface area contributed by atoms with Gasteiger partial charge in [0, 0.05) is 50.8 Å². The zero-order chi connectivity index (χ0) is 23.8. The van der Waals surface area contributed by atoms with Crippen molar-refractivity contribution >= 4 is 0 Å². The molecular formula is C28H20FIrN2-. The van der Waals surface area contributed by atoms with E-state index in [4.69, 9.17) is 4.11 Å². The second kappa shape index (κ2) is 9.44. The van der Waals surface area contributed by atoms with Crippen molar-refractivity contribution in [3.8, 4) is 39.3 Å². The molecule has 1 radical (unpaired) electrons. The quantitative estimate of drug-likeness (QED) is 0.202. The predicted molar refractivity (Wildman–Crippen MR) is 123 cm³/mol. The summed E-state index contributed by atoms with van der Waals surface area (Å²) in [5.41, 5.74) is 5.74. The zero-order valence-corrected chi connectivity index (χ0v) is 19.6. The van der Waals surface area contributed by atoms with Gasteiger partial charge >= 0.3 is 0 Å². The molecule has 0 N–H and O–H groups in total. The van der Waals surface area contributed by atoms with Crippen molar-refractivity contribution in [2.24, 2.45) is 0 Å². The second-order valence-corrected chi connectivity index (χ2v) is 7.27.